The van der Waals surface area contributed by atoms with Gasteiger partial charge in [-0.05, 0) is 25.0 Å². The highest BCUT2D eigenvalue weighted by atomic mass is 35.5. The Hall–Kier alpha value is -1.05. The highest BCUT2D eigenvalue weighted by Gasteiger charge is 2.38. The van der Waals surface area contributed by atoms with Gasteiger partial charge in [0.1, 0.15) is 5.82 Å². The molecule has 1 fully saturated rings. The van der Waals surface area contributed by atoms with E-state index in [2.05, 4.69) is 10.4 Å². The standard InChI is InChI=1S/C11H14ClF3N4/c12-8-3-4-10(18-16)17-9(8)5-19(7-1-2-7)6-11(13,14)15/h3-4,7H,1-2,5-6,16H2,(H,17,18). The third-order valence-electron chi connectivity index (χ3n) is 2.87. The van der Waals surface area contributed by atoms with Crippen LogP contribution in [0.15, 0.2) is 12.1 Å². The van der Waals surface area contributed by atoms with Crippen LogP contribution >= 0.6 is 11.6 Å². The van der Waals surface area contributed by atoms with Crippen molar-refractivity contribution < 1.29 is 13.2 Å². The van der Waals surface area contributed by atoms with Gasteiger partial charge in [0.2, 0.25) is 0 Å². The van der Waals surface area contributed by atoms with Gasteiger partial charge < -0.3 is 5.43 Å². The van der Waals surface area contributed by atoms with Gasteiger partial charge in [0.15, 0.2) is 0 Å². The number of hydrogen-bond donors (Lipinski definition) is 2. The molecule has 0 saturated heterocycles. The smallest absolute Gasteiger partial charge is 0.308 e. The number of hydrogen-bond acceptors (Lipinski definition) is 4. The van der Waals surface area contributed by atoms with Gasteiger partial charge in [-0.2, -0.15) is 13.2 Å². The van der Waals surface area contributed by atoms with Crippen LogP contribution in [0, 0.1) is 0 Å². The van der Waals surface area contributed by atoms with E-state index in [1.54, 1.807) is 12.1 Å². The molecule has 1 heterocycles. The summed E-state index contributed by atoms with van der Waals surface area (Å²) in [5.41, 5.74) is 2.75. The molecule has 0 spiro atoms. The highest BCUT2D eigenvalue weighted by Crippen LogP contribution is 2.32. The minimum absolute atomic E-state index is 0.0333. The van der Waals surface area contributed by atoms with E-state index < -0.39 is 12.7 Å². The molecule has 4 nitrogen and oxygen atoms in total. The summed E-state index contributed by atoms with van der Waals surface area (Å²) in [4.78, 5) is 5.45. The fourth-order valence-corrected chi connectivity index (χ4v) is 2.02. The Labute approximate surface area is 113 Å². The normalized spacial score (nSPS) is 15.9. The zero-order valence-corrected chi connectivity index (χ0v) is 10.8. The van der Waals surface area contributed by atoms with Gasteiger partial charge in [-0.1, -0.05) is 11.6 Å². The van der Waals surface area contributed by atoms with E-state index in [-0.39, 0.29) is 12.6 Å². The first-order valence-corrected chi connectivity index (χ1v) is 6.19. The molecule has 0 aromatic carbocycles. The van der Waals surface area contributed by atoms with Crippen molar-refractivity contribution in [2.45, 2.75) is 31.6 Å². The number of alkyl halides is 3. The second-order valence-corrected chi connectivity index (χ2v) is 4.93. The molecule has 0 aliphatic heterocycles. The Bertz CT molecular complexity index is 448. The van der Waals surface area contributed by atoms with Crippen LogP contribution in [0.25, 0.3) is 0 Å². The second kappa shape index (κ2) is 5.52. The summed E-state index contributed by atoms with van der Waals surface area (Å²) in [5, 5.41) is 0.340. The summed E-state index contributed by atoms with van der Waals surface area (Å²) in [7, 11) is 0. The lowest BCUT2D eigenvalue weighted by atomic mass is 10.3. The third kappa shape index (κ3) is 4.22. The van der Waals surface area contributed by atoms with Crippen LogP contribution in [0.5, 0.6) is 0 Å². The number of nitrogens with one attached hydrogen (secondary N) is 1. The molecule has 8 heteroatoms. The molecule has 1 saturated carbocycles. The molecule has 1 aliphatic carbocycles. The number of pyridine rings is 1. The van der Waals surface area contributed by atoms with Crippen LogP contribution in [0.1, 0.15) is 18.5 Å². The third-order valence-corrected chi connectivity index (χ3v) is 3.21. The van der Waals surface area contributed by atoms with Crippen LogP contribution in [-0.4, -0.2) is 28.6 Å². The Balaban J connectivity index is 2.12. The number of halogens is 4. The summed E-state index contributed by atoms with van der Waals surface area (Å²) in [5.74, 6) is 5.60. The van der Waals surface area contributed by atoms with Crippen molar-refractivity contribution in [1.29, 1.82) is 0 Å². The quantitative estimate of drug-likeness (QED) is 0.647. The maximum absolute atomic E-state index is 12.5. The molecule has 3 N–H and O–H groups in total. The Morgan fingerprint density at radius 3 is 2.63 bits per heavy atom. The van der Waals surface area contributed by atoms with E-state index in [1.165, 1.54) is 4.90 Å². The van der Waals surface area contributed by atoms with E-state index in [9.17, 15) is 13.2 Å². The van der Waals surface area contributed by atoms with Crippen molar-refractivity contribution in [2.24, 2.45) is 5.84 Å². The van der Waals surface area contributed by atoms with Crippen LogP contribution in [0.2, 0.25) is 5.02 Å². The summed E-state index contributed by atoms with van der Waals surface area (Å²) >= 11 is 5.95. The van der Waals surface area contributed by atoms with Crippen molar-refractivity contribution in [3.63, 3.8) is 0 Å². The van der Waals surface area contributed by atoms with Gasteiger partial charge in [0.05, 0.1) is 17.3 Å². The summed E-state index contributed by atoms with van der Waals surface area (Å²) in [6.07, 6.45) is -2.66. The first-order valence-electron chi connectivity index (χ1n) is 5.82. The predicted molar refractivity (Wildman–Crippen MR) is 66.5 cm³/mol. The molecule has 0 amide bonds. The molecule has 0 bridgehead atoms. The zero-order valence-electron chi connectivity index (χ0n) is 10.0. The van der Waals surface area contributed by atoms with Gasteiger partial charge >= 0.3 is 6.18 Å². The lowest BCUT2D eigenvalue weighted by Gasteiger charge is -2.23. The lowest BCUT2D eigenvalue weighted by molar-refractivity contribution is -0.148. The number of aromatic nitrogens is 1. The first-order chi connectivity index (χ1) is 8.89. The fourth-order valence-electron chi connectivity index (χ4n) is 1.85. The van der Waals surface area contributed by atoms with Crippen LogP contribution < -0.4 is 11.3 Å². The molecule has 0 atom stereocenters. The molecule has 1 aliphatic rings. The van der Waals surface area contributed by atoms with E-state index in [0.717, 1.165) is 12.8 Å². The molecular weight excluding hydrogens is 281 g/mol. The number of hydrazine groups is 1. The van der Waals surface area contributed by atoms with Crippen LogP contribution in [-0.2, 0) is 6.54 Å². The Morgan fingerprint density at radius 2 is 2.11 bits per heavy atom. The lowest BCUT2D eigenvalue weighted by Crippen LogP contribution is -2.35. The molecule has 0 unspecified atom stereocenters. The monoisotopic (exact) mass is 294 g/mol. The summed E-state index contributed by atoms with van der Waals surface area (Å²) < 4.78 is 37.5. The molecule has 106 valence electrons. The SMILES string of the molecule is NNc1ccc(Cl)c(CN(CC(F)(F)F)C2CC2)n1. The Kier molecular flexibility index (Phi) is 4.17. The minimum Gasteiger partial charge on any atom is -0.308 e. The van der Waals surface area contributed by atoms with E-state index >= 15 is 0 Å². The number of nitrogens with zero attached hydrogens (tertiary/aromatic N) is 2. The first kappa shape index (κ1) is 14.4. The van der Waals surface area contributed by atoms with Gasteiger partial charge in [0, 0.05) is 12.6 Å². The average molecular weight is 295 g/mol. The van der Waals surface area contributed by atoms with Gasteiger partial charge in [0.25, 0.3) is 0 Å². The number of nitrogen functional groups attached to an aromatic ring is 1. The topological polar surface area (TPSA) is 54.2 Å². The molecule has 1 aromatic rings. The predicted octanol–water partition coefficient (Wildman–Crippen LogP) is 2.55. The Morgan fingerprint density at radius 1 is 1.42 bits per heavy atom. The van der Waals surface area contributed by atoms with Crippen molar-refractivity contribution in [3.8, 4) is 0 Å². The van der Waals surface area contributed by atoms with Crippen molar-refractivity contribution in [2.75, 3.05) is 12.0 Å². The maximum atomic E-state index is 12.5. The van der Waals surface area contributed by atoms with E-state index in [1.807, 2.05) is 0 Å². The highest BCUT2D eigenvalue weighted by molar-refractivity contribution is 6.31. The molecule has 2 rings (SSSR count). The largest absolute Gasteiger partial charge is 0.401 e. The fraction of sp³-hybridized carbons (Fsp3) is 0.545. The number of anilines is 1. The summed E-state index contributed by atoms with van der Waals surface area (Å²) in [6, 6.07) is 3.10. The van der Waals surface area contributed by atoms with E-state index in [0.29, 0.717) is 16.5 Å². The maximum Gasteiger partial charge on any atom is 0.401 e. The van der Waals surface area contributed by atoms with Crippen molar-refractivity contribution in [3.05, 3.63) is 22.8 Å². The van der Waals surface area contributed by atoms with Crippen LogP contribution in [0.4, 0.5) is 19.0 Å². The number of nitrogens with two attached hydrogens (primary N) is 1. The second-order valence-electron chi connectivity index (χ2n) is 4.52. The molecule has 19 heavy (non-hydrogen) atoms. The molecular formula is C11H14ClF3N4. The molecule has 0 radical (unpaired) electrons. The van der Waals surface area contributed by atoms with Gasteiger partial charge in [-0.15, -0.1) is 0 Å². The van der Waals surface area contributed by atoms with E-state index in [4.69, 9.17) is 17.4 Å². The zero-order chi connectivity index (χ0) is 14.0. The van der Waals surface area contributed by atoms with Crippen LogP contribution in [0.3, 0.4) is 0 Å². The summed E-state index contributed by atoms with van der Waals surface area (Å²) in [6.45, 7) is -0.880. The van der Waals surface area contributed by atoms with Crippen molar-refractivity contribution in [1.82, 2.24) is 9.88 Å². The van der Waals surface area contributed by atoms with Gasteiger partial charge in [-0.25, -0.2) is 10.8 Å². The number of rotatable bonds is 5. The van der Waals surface area contributed by atoms with Crippen molar-refractivity contribution >= 4 is 17.4 Å². The molecule has 1 aromatic heterocycles. The minimum atomic E-state index is -4.22. The average Bonchev–Trinajstić information content (AvgIpc) is 3.13. The van der Waals surface area contributed by atoms with Gasteiger partial charge in [-0.3, -0.25) is 4.90 Å².